The van der Waals surface area contributed by atoms with Gasteiger partial charge in [0, 0.05) is 24.6 Å². The van der Waals surface area contributed by atoms with E-state index in [4.69, 9.17) is 10.00 Å². The van der Waals surface area contributed by atoms with Gasteiger partial charge in [0.2, 0.25) is 0 Å². The average molecular weight is 384 g/mol. The number of carbonyl (C=O) groups is 1. The van der Waals surface area contributed by atoms with Crippen molar-refractivity contribution >= 4 is 5.78 Å². The molecule has 1 saturated heterocycles. The smallest absolute Gasteiger partial charge is 0.180 e. The van der Waals surface area contributed by atoms with Crippen LogP contribution in [0.3, 0.4) is 0 Å². The third-order valence-electron chi connectivity index (χ3n) is 5.83. The lowest BCUT2D eigenvalue weighted by Crippen LogP contribution is -2.21. The Hall–Kier alpha value is -3.59. The summed E-state index contributed by atoms with van der Waals surface area (Å²) in [4.78, 5) is 14.6. The Labute approximate surface area is 168 Å². The molecule has 1 aliphatic carbocycles. The van der Waals surface area contributed by atoms with Crippen LogP contribution in [0.15, 0.2) is 60.7 Å². The van der Waals surface area contributed by atoms with Gasteiger partial charge in [-0.15, -0.1) is 0 Å². The molecule has 1 N–H and O–H groups in total. The first-order valence-corrected chi connectivity index (χ1v) is 9.80. The fourth-order valence-electron chi connectivity index (χ4n) is 4.25. The summed E-state index contributed by atoms with van der Waals surface area (Å²) in [6, 6.07) is 19.4. The number of hydrogen-bond donors (Lipinski definition) is 1. The summed E-state index contributed by atoms with van der Waals surface area (Å²) in [7, 11) is 0. The van der Waals surface area contributed by atoms with Crippen molar-refractivity contribution in [1.29, 1.82) is 5.26 Å². The zero-order valence-corrected chi connectivity index (χ0v) is 15.8. The van der Waals surface area contributed by atoms with Crippen molar-refractivity contribution in [2.45, 2.75) is 18.9 Å². The van der Waals surface area contributed by atoms with Gasteiger partial charge in [-0.2, -0.15) is 10.4 Å². The molecule has 1 aliphatic heterocycles. The second-order valence-corrected chi connectivity index (χ2v) is 7.68. The van der Waals surface area contributed by atoms with Crippen LogP contribution in [0, 0.1) is 23.3 Å². The Kier molecular flexibility index (Phi) is 4.28. The topological polar surface area (TPSA) is 82.0 Å². The molecule has 2 aliphatic rings. The fourth-order valence-corrected chi connectivity index (χ4v) is 4.25. The highest BCUT2D eigenvalue weighted by Crippen LogP contribution is 2.49. The molecular weight excluding hydrogens is 364 g/mol. The normalized spacial score (nSPS) is 22.0. The number of rotatable bonds is 6. The van der Waals surface area contributed by atoms with Gasteiger partial charge in [-0.3, -0.25) is 9.89 Å². The number of ether oxygens (including phenoxy) is 1. The number of fused-ring (bicyclic) bond motifs is 1. The highest BCUT2D eigenvalue weighted by atomic mass is 16.5. The lowest BCUT2D eigenvalue weighted by atomic mass is 9.97. The highest BCUT2D eigenvalue weighted by Gasteiger charge is 2.53. The summed E-state index contributed by atoms with van der Waals surface area (Å²) < 4.78 is 6.01. The van der Waals surface area contributed by atoms with Crippen LogP contribution in [0.2, 0.25) is 0 Å². The molecule has 2 aromatic carbocycles. The summed E-state index contributed by atoms with van der Waals surface area (Å²) in [5.41, 5.74) is 2.00. The second-order valence-electron chi connectivity index (χ2n) is 7.68. The first kappa shape index (κ1) is 17.5. The van der Waals surface area contributed by atoms with E-state index in [2.05, 4.69) is 16.4 Å². The van der Waals surface area contributed by atoms with Gasteiger partial charge >= 0.3 is 0 Å². The Morgan fingerprint density at radius 2 is 2.00 bits per heavy atom. The maximum absolute atomic E-state index is 12.8. The molecule has 0 unspecified atom stereocenters. The molecule has 0 amide bonds. The molecule has 6 heteroatoms. The minimum absolute atomic E-state index is 0.0423. The van der Waals surface area contributed by atoms with Crippen LogP contribution in [-0.2, 0) is 0 Å². The van der Waals surface area contributed by atoms with E-state index >= 15 is 0 Å². The molecule has 1 aromatic heterocycles. The molecule has 1 saturated carbocycles. The minimum atomic E-state index is 0.0423. The number of piperidine rings is 1. The number of likely N-dealkylation sites (tertiary alicyclic amines) is 1. The molecule has 0 spiro atoms. The van der Waals surface area contributed by atoms with E-state index in [0.29, 0.717) is 42.1 Å². The van der Waals surface area contributed by atoms with Crippen molar-refractivity contribution in [3.8, 4) is 28.9 Å². The van der Waals surface area contributed by atoms with Crippen molar-refractivity contribution in [1.82, 2.24) is 15.1 Å². The van der Waals surface area contributed by atoms with Gasteiger partial charge in [0.05, 0.1) is 5.69 Å². The van der Waals surface area contributed by atoms with Crippen molar-refractivity contribution in [3.05, 3.63) is 66.4 Å². The Balaban J connectivity index is 1.33. The third-order valence-corrected chi connectivity index (χ3v) is 5.83. The molecule has 5 rings (SSSR count). The summed E-state index contributed by atoms with van der Waals surface area (Å²) >= 11 is 0. The van der Waals surface area contributed by atoms with Crippen LogP contribution in [0.1, 0.15) is 23.3 Å². The van der Waals surface area contributed by atoms with E-state index in [1.807, 2.05) is 59.5 Å². The summed E-state index contributed by atoms with van der Waals surface area (Å²) in [6.45, 7) is 0.687. The second kappa shape index (κ2) is 7.10. The first-order valence-electron chi connectivity index (χ1n) is 9.80. The van der Waals surface area contributed by atoms with Crippen LogP contribution in [0.5, 0.6) is 11.5 Å². The van der Waals surface area contributed by atoms with Gasteiger partial charge in [0.15, 0.2) is 12.0 Å². The van der Waals surface area contributed by atoms with E-state index in [-0.39, 0.29) is 11.7 Å². The molecule has 2 heterocycles. The molecule has 6 nitrogen and oxygen atoms in total. The summed E-state index contributed by atoms with van der Waals surface area (Å²) in [5, 5.41) is 16.4. The van der Waals surface area contributed by atoms with Crippen molar-refractivity contribution < 1.29 is 9.53 Å². The zero-order valence-electron chi connectivity index (χ0n) is 15.8. The molecule has 144 valence electrons. The van der Waals surface area contributed by atoms with E-state index in [1.54, 1.807) is 6.07 Å². The third kappa shape index (κ3) is 3.36. The Bertz CT molecular complexity index is 1090. The van der Waals surface area contributed by atoms with Gasteiger partial charge < -0.3 is 9.64 Å². The molecule has 0 bridgehead atoms. The number of nitriles is 1. The molecule has 2 fully saturated rings. The SMILES string of the molecule is N#CN1C[C@H](CC(=O)c2cc(-c3ccccc3Oc3ccccc3)n[nH]2)[C@@H]2C[C@@H]21. The quantitative estimate of drug-likeness (QED) is 0.508. The van der Waals surface area contributed by atoms with E-state index in [1.165, 1.54) is 0 Å². The summed E-state index contributed by atoms with van der Waals surface area (Å²) in [6.07, 6.45) is 3.72. The number of carbonyl (C=O) groups excluding carboxylic acids is 1. The highest BCUT2D eigenvalue weighted by molar-refractivity contribution is 5.95. The zero-order chi connectivity index (χ0) is 19.8. The van der Waals surface area contributed by atoms with E-state index < -0.39 is 0 Å². The fraction of sp³-hybridized carbons (Fsp3) is 0.261. The molecule has 3 aromatic rings. The number of benzene rings is 2. The van der Waals surface area contributed by atoms with Crippen LogP contribution < -0.4 is 4.74 Å². The number of para-hydroxylation sites is 2. The van der Waals surface area contributed by atoms with E-state index in [0.717, 1.165) is 17.7 Å². The largest absolute Gasteiger partial charge is 0.457 e. The number of aromatic amines is 1. The van der Waals surface area contributed by atoms with Crippen LogP contribution >= 0.6 is 0 Å². The molecule has 3 atom stereocenters. The number of hydrogen-bond acceptors (Lipinski definition) is 5. The van der Waals surface area contributed by atoms with Gasteiger partial charge in [-0.1, -0.05) is 30.3 Å². The molecule has 29 heavy (non-hydrogen) atoms. The van der Waals surface area contributed by atoms with Crippen molar-refractivity contribution in [3.63, 3.8) is 0 Å². The Morgan fingerprint density at radius 3 is 2.79 bits per heavy atom. The van der Waals surface area contributed by atoms with Gasteiger partial charge in [0.1, 0.15) is 17.2 Å². The van der Waals surface area contributed by atoms with Gasteiger partial charge in [0.25, 0.3) is 0 Å². The van der Waals surface area contributed by atoms with Crippen LogP contribution in [-0.4, -0.2) is 33.5 Å². The predicted octanol–water partition coefficient (Wildman–Crippen LogP) is 4.24. The van der Waals surface area contributed by atoms with Crippen molar-refractivity contribution in [2.75, 3.05) is 6.54 Å². The number of H-pyrrole nitrogens is 1. The van der Waals surface area contributed by atoms with Crippen LogP contribution in [0.4, 0.5) is 0 Å². The first-order chi connectivity index (χ1) is 14.2. The average Bonchev–Trinajstić information content (AvgIpc) is 3.25. The summed E-state index contributed by atoms with van der Waals surface area (Å²) in [5.74, 6) is 2.22. The lowest BCUT2D eigenvalue weighted by Gasteiger charge is -2.13. The van der Waals surface area contributed by atoms with Gasteiger partial charge in [-0.05, 0) is 48.6 Å². The lowest BCUT2D eigenvalue weighted by molar-refractivity contribution is 0.0952. The van der Waals surface area contributed by atoms with E-state index in [9.17, 15) is 4.79 Å². The van der Waals surface area contributed by atoms with Gasteiger partial charge in [-0.25, -0.2) is 0 Å². The maximum atomic E-state index is 12.8. The minimum Gasteiger partial charge on any atom is -0.457 e. The van der Waals surface area contributed by atoms with Crippen molar-refractivity contribution in [2.24, 2.45) is 11.8 Å². The maximum Gasteiger partial charge on any atom is 0.180 e. The van der Waals surface area contributed by atoms with Crippen LogP contribution in [0.25, 0.3) is 11.3 Å². The molecule has 0 radical (unpaired) electrons. The number of aromatic nitrogens is 2. The molecular formula is C23H20N4O2. The number of nitrogens with zero attached hydrogens (tertiary/aromatic N) is 3. The number of ketones is 1. The Morgan fingerprint density at radius 1 is 1.21 bits per heavy atom. The number of nitrogens with one attached hydrogen (secondary N) is 1. The standard InChI is InChI=1S/C23H20N4O2/c24-14-27-13-15(18-11-21(18)27)10-22(28)20-12-19(25-26-20)17-8-4-5-9-23(17)29-16-6-2-1-3-7-16/h1-9,12,15,18,21H,10-11,13H2,(H,25,26)/t15-,18-,21-/m0/s1. The number of Topliss-reactive ketones (excluding diaryl/α,β-unsaturated/α-hetero) is 1. The predicted molar refractivity (Wildman–Crippen MR) is 107 cm³/mol. The monoisotopic (exact) mass is 384 g/mol.